The first-order chi connectivity index (χ1) is 11.0. The zero-order valence-corrected chi connectivity index (χ0v) is 13.2. The second kappa shape index (κ2) is 6.30. The maximum Gasteiger partial charge on any atom is 0.262 e. The monoisotopic (exact) mass is 330 g/mol. The number of anilines is 1. The third-order valence-corrected chi connectivity index (χ3v) is 3.85. The van der Waals surface area contributed by atoms with Crippen LogP contribution >= 0.6 is 11.6 Å². The summed E-state index contributed by atoms with van der Waals surface area (Å²) in [6.45, 7) is 1.86. The molecule has 1 aliphatic rings. The molecule has 0 saturated carbocycles. The largest absolute Gasteiger partial charge is 0.482 e. The van der Waals surface area contributed by atoms with E-state index in [1.54, 1.807) is 30.3 Å². The van der Waals surface area contributed by atoms with Gasteiger partial charge in [0.15, 0.2) is 6.61 Å². The maximum absolute atomic E-state index is 12.4. The fourth-order valence-corrected chi connectivity index (χ4v) is 2.46. The molecule has 1 atom stereocenters. The van der Waals surface area contributed by atoms with E-state index in [2.05, 4.69) is 10.6 Å². The molecule has 2 amide bonds. The van der Waals surface area contributed by atoms with E-state index in [-0.39, 0.29) is 24.5 Å². The predicted molar refractivity (Wildman–Crippen MR) is 87.9 cm³/mol. The predicted octanol–water partition coefficient (Wildman–Crippen LogP) is 3.16. The summed E-state index contributed by atoms with van der Waals surface area (Å²) in [4.78, 5) is 23.6. The number of carbonyl (C=O) groups is 2. The van der Waals surface area contributed by atoms with Gasteiger partial charge in [-0.3, -0.25) is 9.59 Å². The fraction of sp³-hybridized carbons (Fsp3) is 0.176. The second-order valence-electron chi connectivity index (χ2n) is 5.29. The standard InChI is InChI=1S/C17H15ClN2O3/c1-10(11-2-5-13(18)6-3-11)19-17(22)12-4-7-14-15(8-12)23-9-16(21)20-14/h2-8,10H,9H2,1H3,(H,19,22)(H,20,21)/t10-/m1/s1. The minimum Gasteiger partial charge on any atom is -0.482 e. The summed E-state index contributed by atoms with van der Waals surface area (Å²) in [6.07, 6.45) is 0. The molecular formula is C17H15ClN2O3. The quantitative estimate of drug-likeness (QED) is 0.908. The van der Waals surface area contributed by atoms with Crippen molar-refractivity contribution in [2.75, 3.05) is 11.9 Å². The molecule has 2 N–H and O–H groups in total. The Kier molecular flexibility index (Phi) is 4.21. The molecule has 0 unspecified atom stereocenters. The highest BCUT2D eigenvalue weighted by atomic mass is 35.5. The van der Waals surface area contributed by atoms with Crippen LogP contribution in [-0.4, -0.2) is 18.4 Å². The Morgan fingerprint density at radius 2 is 2.00 bits per heavy atom. The molecule has 5 nitrogen and oxygen atoms in total. The summed E-state index contributed by atoms with van der Waals surface area (Å²) in [5.74, 6) is 0.0817. The minimum atomic E-state index is -0.212. The van der Waals surface area contributed by atoms with Crippen LogP contribution in [0.25, 0.3) is 0 Å². The van der Waals surface area contributed by atoms with Crippen molar-refractivity contribution in [3.05, 3.63) is 58.6 Å². The zero-order valence-electron chi connectivity index (χ0n) is 12.4. The van der Waals surface area contributed by atoms with Gasteiger partial charge in [-0.1, -0.05) is 23.7 Å². The Bertz CT molecular complexity index is 759. The third-order valence-electron chi connectivity index (χ3n) is 3.59. The van der Waals surface area contributed by atoms with Gasteiger partial charge in [0.05, 0.1) is 11.7 Å². The van der Waals surface area contributed by atoms with Gasteiger partial charge in [-0.15, -0.1) is 0 Å². The molecular weight excluding hydrogens is 316 g/mol. The van der Waals surface area contributed by atoms with Crippen LogP contribution in [-0.2, 0) is 4.79 Å². The molecule has 0 bridgehead atoms. The van der Waals surface area contributed by atoms with E-state index < -0.39 is 0 Å². The number of halogens is 1. The number of rotatable bonds is 3. The molecule has 2 aromatic rings. The van der Waals surface area contributed by atoms with E-state index in [4.69, 9.17) is 16.3 Å². The topological polar surface area (TPSA) is 67.4 Å². The summed E-state index contributed by atoms with van der Waals surface area (Å²) < 4.78 is 5.32. The number of nitrogens with one attached hydrogen (secondary N) is 2. The molecule has 118 valence electrons. The number of hydrogen-bond acceptors (Lipinski definition) is 3. The highest BCUT2D eigenvalue weighted by Gasteiger charge is 2.18. The number of amides is 2. The Morgan fingerprint density at radius 3 is 2.74 bits per heavy atom. The van der Waals surface area contributed by atoms with Crippen LogP contribution in [0.5, 0.6) is 5.75 Å². The van der Waals surface area contributed by atoms with Crippen molar-refractivity contribution < 1.29 is 14.3 Å². The first kappa shape index (κ1) is 15.4. The van der Waals surface area contributed by atoms with E-state index >= 15 is 0 Å². The number of ether oxygens (including phenoxy) is 1. The van der Waals surface area contributed by atoms with Crippen molar-refractivity contribution in [1.29, 1.82) is 0 Å². The molecule has 0 saturated heterocycles. The van der Waals surface area contributed by atoms with Crippen molar-refractivity contribution in [3.8, 4) is 5.75 Å². The highest BCUT2D eigenvalue weighted by Crippen LogP contribution is 2.28. The average Bonchev–Trinajstić information content (AvgIpc) is 2.54. The Balaban J connectivity index is 1.73. The molecule has 23 heavy (non-hydrogen) atoms. The van der Waals surface area contributed by atoms with Gasteiger partial charge >= 0.3 is 0 Å². The lowest BCUT2D eigenvalue weighted by molar-refractivity contribution is -0.118. The minimum absolute atomic E-state index is 0.0424. The normalized spacial score (nSPS) is 14.3. The summed E-state index contributed by atoms with van der Waals surface area (Å²) in [5, 5.41) is 6.27. The van der Waals surface area contributed by atoms with Gasteiger partial charge in [0.1, 0.15) is 5.75 Å². The molecule has 1 heterocycles. The first-order valence-electron chi connectivity index (χ1n) is 7.16. The van der Waals surface area contributed by atoms with Crippen LogP contribution in [0.4, 0.5) is 5.69 Å². The molecule has 3 rings (SSSR count). The van der Waals surface area contributed by atoms with E-state index in [9.17, 15) is 9.59 Å². The van der Waals surface area contributed by atoms with Gasteiger partial charge in [-0.25, -0.2) is 0 Å². The zero-order chi connectivity index (χ0) is 16.4. The van der Waals surface area contributed by atoms with Crippen LogP contribution in [0.1, 0.15) is 28.9 Å². The Labute approximate surface area is 138 Å². The molecule has 0 aliphatic carbocycles. The van der Waals surface area contributed by atoms with Crippen LogP contribution < -0.4 is 15.4 Å². The lowest BCUT2D eigenvalue weighted by Crippen LogP contribution is -2.28. The first-order valence-corrected chi connectivity index (χ1v) is 7.54. The van der Waals surface area contributed by atoms with Gasteiger partial charge in [0, 0.05) is 10.6 Å². The summed E-state index contributed by atoms with van der Waals surface area (Å²) in [7, 11) is 0. The highest BCUT2D eigenvalue weighted by molar-refractivity contribution is 6.30. The lowest BCUT2D eigenvalue weighted by Gasteiger charge is -2.19. The molecule has 0 fully saturated rings. The lowest BCUT2D eigenvalue weighted by atomic mass is 10.1. The van der Waals surface area contributed by atoms with E-state index in [1.165, 1.54) is 0 Å². The van der Waals surface area contributed by atoms with Gasteiger partial charge in [0.25, 0.3) is 11.8 Å². The number of hydrogen-bond donors (Lipinski definition) is 2. The van der Waals surface area contributed by atoms with Crippen molar-refractivity contribution in [3.63, 3.8) is 0 Å². The summed E-state index contributed by atoms with van der Waals surface area (Å²) in [6, 6.07) is 12.1. The van der Waals surface area contributed by atoms with Crippen molar-refractivity contribution in [1.82, 2.24) is 5.32 Å². The summed E-state index contributed by atoms with van der Waals surface area (Å²) in [5.41, 5.74) is 2.01. The van der Waals surface area contributed by atoms with E-state index in [0.29, 0.717) is 22.0 Å². The second-order valence-corrected chi connectivity index (χ2v) is 5.73. The molecule has 6 heteroatoms. The van der Waals surface area contributed by atoms with Crippen LogP contribution in [0.15, 0.2) is 42.5 Å². The fourth-order valence-electron chi connectivity index (χ4n) is 2.33. The van der Waals surface area contributed by atoms with Crippen LogP contribution in [0, 0.1) is 0 Å². The van der Waals surface area contributed by atoms with Gasteiger partial charge in [0.2, 0.25) is 0 Å². The molecule has 1 aliphatic heterocycles. The van der Waals surface area contributed by atoms with Gasteiger partial charge in [-0.05, 0) is 42.8 Å². The SMILES string of the molecule is C[C@@H](NC(=O)c1ccc2c(c1)OCC(=O)N2)c1ccc(Cl)cc1. The Hall–Kier alpha value is -2.53. The average molecular weight is 331 g/mol. The molecule has 0 spiro atoms. The maximum atomic E-state index is 12.4. The van der Waals surface area contributed by atoms with Crippen LogP contribution in [0.3, 0.4) is 0 Å². The van der Waals surface area contributed by atoms with Crippen LogP contribution in [0.2, 0.25) is 5.02 Å². The van der Waals surface area contributed by atoms with Gasteiger partial charge in [-0.2, -0.15) is 0 Å². The number of carbonyl (C=O) groups excluding carboxylic acids is 2. The number of benzene rings is 2. The third kappa shape index (κ3) is 3.46. The summed E-state index contributed by atoms with van der Waals surface area (Å²) >= 11 is 5.86. The van der Waals surface area contributed by atoms with Crippen molar-refractivity contribution >= 4 is 29.1 Å². The van der Waals surface area contributed by atoms with E-state index in [0.717, 1.165) is 5.56 Å². The van der Waals surface area contributed by atoms with Crippen molar-refractivity contribution in [2.24, 2.45) is 0 Å². The van der Waals surface area contributed by atoms with E-state index in [1.807, 2.05) is 19.1 Å². The molecule has 0 radical (unpaired) electrons. The smallest absolute Gasteiger partial charge is 0.262 e. The Morgan fingerprint density at radius 1 is 1.26 bits per heavy atom. The van der Waals surface area contributed by atoms with Gasteiger partial charge < -0.3 is 15.4 Å². The number of fused-ring (bicyclic) bond motifs is 1. The molecule has 2 aromatic carbocycles. The van der Waals surface area contributed by atoms with Crippen molar-refractivity contribution in [2.45, 2.75) is 13.0 Å². The molecule has 0 aromatic heterocycles.